The maximum absolute atomic E-state index is 14.2. The first kappa shape index (κ1) is 17.8. The van der Waals surface area contributed by atoms with E-state index in [1.54, 1.807) is 17.0 Å². The number of benzene rings is 1. The van der Waals surface area contributed by atoms with Crippen molar-refractivity contribution >= 4 is 11.5 Å². The number of halogens is 3. The van der Waals surface area contributed by atoms with Crippen LogP contribution >= 0.6 is 0 Å². The van der Waals surface area contributed by atoms with Crippen molar-refractivity contribution in [1.82, 2.24) is 9.97 Å². The lowest BCUT2D eigenvalue weighted by molar-refractivity contribution is 0.0256. The highest BCUT2D eigenvalue weighted by atomic mass is 19.3. The Bertz CT molecular complexity index is 914. The molecule has 1 aromatic heterocycles. The average Bonchev–Trinajstić information content (AvgIpc) is 3.18. The Morgan fingerprint density at radius 2 is 2.00 bits per heavy atom. The minimum Gasteiger partial charge on any atom is -0.488 e. The van der Waals surface area contributed by atoms with Crippen LogP contribution in [0, 0.1) is 5.82 Å². The van der Waals surface area contributed by atoms with Gasteiger partial charge in [0.15, 0.2) is 11.6 Å². The number of aliphatic imine (C=N–C) groups is 1. The van der Waals surface area contributed by atoms with Gasteiger partial charge < -0.3 is 9.64 Å². The third-order valence-corrected chi connectivity index (χ3v) is 4.57. The van der Waals surface area contributed by atoms with Crippen LogP contribution in [0.5, 0.6) is 5.75 Å². The molecule has 0 N–H and O–H groups in total. The summed E-state index contributed by atoms with van der Waals surface area (Å²) < 4.78 is 46.7. The maximum Gasteiger partial charge on any atom is 0.266 e. The van der Waals surface area contributed by atoms with Gasteiger partial charge in [-0.3, -0.25) is 4.99 Å². The number of rotatable bonds is 4. The van der Waals surface area contributed by atoms with Crippen molar-refractivity contribution in [3.63, 3.8) is 0 Å². The van der Waals surface area contributed by atoms with Gasteiger partial charge in [0.2, 0.25) is 0 Å². The molecule has 5 nitrogen and oxygen atoms in total. The molecule has 8 heteroatoms. The van der Waals surface area contributed by atoms with Gasteiger partial charge >= 0.3 is 0 Å². The Morgan fingerprint density at radius 3 is 2.70 bits per heavy atom. The first-order valence-corrected chi connectivity index (χ1v) is 8.81. The summed E-state index contributed by atoms with van der Waals surface area (Å²) in [6.07, 6.45) is 0.990. The van der Waals surface area contributed by atoms with Crippen LogP contribution in [0.25, 0.3) is 0 Å². The molecule has 1 fully saturated rings. The van der Waals surface area contributed by atoms with Gasteiger partial charge in [-0.05, 0) is 31.5 Å². The fraction of sp³-hybridized carbons (Fsp3) is 0.421. The summed E-state index contributed by atoms with van der Waals surface area (Å²) in [5, 5.41) is 0. The fourth-order valence-corrected chi connectivity index (χ4v) is 3.34. The minimum atomic E-state index is -2.71. The van der Waals surface area contributed by atoms with E-state index in [0.717, 1.165) is 11.1 Å². The van der Waals surface area contributed by atoms with Gasteiger partial charge in [0.1, 0.15) is 12.1 Å². The van der Waals surface area contributed by atoms with Crippen molar-refractivity contribution in [2.24, 2.45) is 4.99 Å². The van der Waals surface area contributed by atoms with Crippen molar-refractivity contribution in [2.45, 2.75) is 38.8 Å². The molecular weight excluding hydrogens is 357 g/mol. The topological polar surface area (TPSA) is 50.6 Å². The van der Waals surface area contributed by atoms with E-state index in [2.05, 4.69) is 15.0 Å². The first-order valence-electron chi connectivity index (χ1n) is 8.81. The van der Waals surface area contributed by atoms with E-state index in [0.29, 0.717) is 23.8 Å². The monoisotopic (exact) mass is 376 g/mol. The van der Waals surface area contributed by atoms with Crippen molar-refractivity contribution in [2.75, 3.05) is 18.0 Å². The minimum absolute atomic E-state index is 0.159. The predicted octanol–water partition coefficient (Wildman–Crippen LogP) is 3.60. The summed E-state index contributed by atoms with van der Waals surface area (Å²) in [6.45, 7) is 3.87. The summed E-state index contributed by atoms with van der Waals surface area (Å²) in [4.78, 5) is 14.4. The van der Waals surface area contributed by atoms with Gasteiger partial charge in [-0.2, -0.15) is 0 Å². The summed E-state index contributed by atoms with van der Waals surface area (Å²) in [6, 6.07) is 4.70. The number of hydrogen-bond donors (Lipinski definition) is 0. The third kappa shape index (κ3) is 3.48. The number of alkyl halides is 2. The maximum atomic E-state index is 14.2. The molecule has 0 radical (unpaired) electrons. The van der Waals surface area contributed by atoms with Gasteiger partial charge in [-0.25, -0.2) is 23.1 Å². The zero-order valence-electron chi connectivity index (χ0n) is 15.0. The molecule has 2 aliphatic heterocycles. The van der Waals surface area contributed by atoms with E-state index in [1.165, 1.54) is 12.4 Å². The SMILES string of the molecule is CC(C)Oc1cc2c(cc1F)CN=C2c1cc(N2CCC(F)(F)C2)ncn1. The highest BCUT2D eigenvalue weighted by Gasteiger charge is 2.39. The second-order valence-corrected chi connectivity index (χ2v) is 7.06. The van der Waals surface area contributed by atoms with Gasteiger partial charge in [0, 0.05) is 24.6 Å². The van der Waals surface area contributed by atoms with Crippen molar-refractivity contribution < 1.29 is 17.9 Å². The Kier molecular flexibility index (Phi) is 4.28. The molecule has 0 bridgehead atoms. The normalized spacial score (nSPS) is 18.0. The Labute approximate surface area is 154 Å². The molecular formula is C19H19F3N4O. The summed E-state index contributed by atoms with van der Waals surface area (Å²) in [5.74, 6) is -2.54. The quantitative estimate of drug-likeness (QED) is 0.818. The fourth-order valence-electron chi connectivity index (χ4n) is 3.34. The molecule has 2 aliphatic rings. The highest BCUT2D eigenvalue weighted by Crippen LogP contribution is 2.32. The lowest BCUT2D eigenvalue weighted by Crippen LogP contribution is -2.26. The van der Waals surface area contributed by atoms with E-state index >= 15 is 0 Å². The van der Waals surface area contributed by atoms with Gasteiger partial charge in [-0.1, -0.05) is 0 Å². The first-order chi connectivity index (χ1) is 12.8. The van der Waals surface area contributed by atoms with Crippen molar-refractivity contribution in [1.29, 1.82) is 0 Å². The van der Waals surface area contributed by atoms with Crippen LogP contribution < -0.4 is 9.64 Å². The second kappa shape index (κ2) is 6.51. The zero-order chi connectivity index (χ0) is 19.2. The molecule has 0 unspecified atom stereocenters. The van der Waals surface area contributed by atoms with Crippen molar-refractivity contribution in [3.05, 3.63) is 47.2 Å². The molecule has 1 aromatic carbocycles. The molecule has 3 heterocycles. The summed E-state index contributed by atoms with van der Waals surface area (Å²) >= 11 is 0. The highest BCUT2D eigenvalue weighted by molar-refractivity contribution is 6.14. The Morgan fingerprint density at radius 1 is 1.19 bits per heavy atom. The molecule has 0 saturated carbocycles. The standard InChI is InChI=1S/C19H19F3N4O/c1-11(2)27-16-6-13-12(5-14(16)20)8-23-18(13)15-7-17(25-10-24-15)26-4-3-19(21,22)9-26/h5-7,10-11H,3-4,8-9H2,1-2H3. The van der Waals surface area contributed by atoms with E-state index in [4.69, 9.17) is 4.74 Å². The predicted molar refractivity (Wildman–Crippen MR) is 95.3 cm³/mol. The molecule has 0 aliphatic carbocycles. The van der Waals surface area contributed by atoms with E-state index in [-0.39, 0.29) is 31.4 Å². The van der Waals surface area contributed by atoms with Crippen LogP contribution in [0.15, 0.2) is 29.5 Å². The smallest absolute Gasteiger partial charge is 0.266 e. The van der Waals surface area contributed by atoms with Crippen LogP contribution in [-0.2, 0) is 6.54 Å². The molecule has 0 amide bonds. The van der Waals surface area contributed by atoms with E-state index in [1.807, 2.05) is 13.8 Å². The average molecular weight is 376 g/mol. The Hall–Kier alpha value is -2.64. The number of nitrogens with zero attached hydrogens (tertiary/aromatic N) is 4. The third-order valence-electron chi connectivity index (χ3n) is 4.57. The van der Waals surface area contributed by atoms with E-state index in [9.17, 15) is 13.2 Å². The van der Waals surface area contributed by atoms with Gasteiger partial charge in [-0.15, -0.1) is 0 Å². The molecule has 4 rings (SSSR count). The number of aromatic nitrogens is 2. The van der Waals surface area contributed by atoms with E-state index < -0.39 is 11.7 Å². The largest absolute Gasteiger partial charge is 0.488 e. The van der Waals surface area contributed by atoms with Crippen LogP contribution in [0.3, 0.4) is 0 Å². The Balaban J connectivity index is 1.66. The molecule has 0 atom stereocenters. The lowest BCUT2D eigenvalue weighted by Gasteiger charge is -2.17. The molecule has 142 valence electrons. The summed E-state index contributed by atoms with van der Waals surface area (Å²) in [7, 11) is 0. The molecule has 1 saturated heterocycles. The second-order valence-electron chi connectivity index (χ2n) is 7.06. The number of fused-ring (bicyclic) bond motifs is 1. The zero-order valence-corrected chi connectivity index (χ0v) is 15.0. The van der Waals surface area contributed by atoms with Crippen molar-refractivity contribution in [3.8, 4) is 5.75 Å². The van der Waals surface area contributed by atoms with Crippen LogP contribution in [-0.4, -0.2) is 40.8 Å². The molecule has 0 spiro atoms. The van der Waals surface area contributed by atoms with Gasteiger partial charge in [0.05, 0.1) is 30.6 Å². The molecule has 27 heavy (non-hydrogen) atoms. The van der Waals surface area contributed by atoms with Gasteiger partial charge in [0.25, 0.3) is 5.92 Å². The van der Waals surface area contributed by atoms with Crippen LogP contribution in [0.2, 0.25) is 0 Å². The van der Waals surface area contributed by atoms with Crippen LogP contribution in [0.1, 0.15) is 37.1 Å². The number of ether oxygens (including phenoxy) is 1. The lowest BCUT2D eigenvalue weighted by atomic mass is 10.0. The number of hydrogen-bond acceptors (Lipinski definition) is 5. The molecule has 2 aromatic rings. The summed E-state index contributed by atoms with van der Waals surface area (Å²) in [5.41, 5.74) is 2.60. The van der Waals surface area contributed by atoms with Crippen LogP contribution in [0.4, 0.5) is 19.0 Å². The number of anilines is 1.